The second kappa shape index (κ2) is 3.23. The van der Waals surface area contributed by atoms with Gasteiger partial charge in [-0.2, -0.15) is 0 Å². The summed E-state index contributed by atoms with van der Waals surface area (Å²) in [5.74, 6) is 0. The highest BCUT2D eigenvalue weighted by atomic mass is 15.2. The highest BCUT2D eigenvalue weighted by Crippen LogP contribution is 2.34. The van der Waals surface area contributed by atoms with Crippen LogP contribution in [0.3, 0.4) is 0 Å². The summed E-state index contributed by atoms with van der Waals surface area (Å²) in [7, 11) is 0. The molecule has 78 valence electrons. The van der Waals surface area contributed by atoms with E-state index in [0.29, 0.717) is 0 Å². The van der Waals surface area contributed by atoms with Gasteiger partial charge in [-0.1, -0.05) is 6.58 Å². The molecule has 1 aliphatic rings. The lowest BCUT2D eigenvalue weighted by atomic mass is 9.99. The van der Waals surface area contributed by atoms with Crippen LogP contribution in [0.25, 0.3) is 6.08 Å². The lowest BCUT2D eigenvalue weighted by Gasteiger charge is -2.40. The van der Waals surface area contributed by atoms with Crippen molar-refractivity contribution in [2.45, 2.75) is 26.3 Å². The number of nitrogens with zero attached hydrogens (tertiary/aromatic N) is 2. The first-order valence-electron chi connectivity index (χ1n) is 5.11. The van der Waals surface area contributed by atoms with Gasteiger partial charge in [0, 0.05) is 29.2 Å². The number of fused-ring (bicyclic) bond motifs is 1. The Kier molecular flexibility index (Phi) is 2.14. The zero-order valence-electron chi connectivity index (χ0n) is 9.49. The predicted octanol–water partition coefficient (Wildman–Crippen LogP) is 3.23. The van der Waals surface area contributed by atoms with Crippen molar-refractivity contribution in [3.05, 3.63) is 42.4 Å². The van der Waals surface area contributed by atoms with Crippen molar-refractivity contribution in [1.82, 2.24) is 4.98 Å². The molecule has 0 amide bonds. The third-order valence-corrected chi connectivity index (χ3v) is 2.48. The van der Waals surface area contributed by atoms with Crippen molar-refractivity contribution in [2.24, 2.45) is 0 Å². The number of aromatic nitrogens is 1. The molecule has 0 aliphatic carbocycles. The SMILES string of the molecule is C=C1C=Cc2cnccc2N1C(C)(C)C. The van der Waals surface area contributed by atoms with E-state index in [1.54, 1.807) is 0 Å². The van der Waals surface area contributed by atoms with E-state index in [-0.39, 0.29) is 5.54 Å². The Labute approximate surface area is 90.9 Å². The fraction of sp³-hybridized carbons (Fsp3) is 0.308. The van der Waals surface area contributed by atoms with Crippen molar-refractivity contribution < 1.29 is 0 Å². The summed E-state index contributed by atoms with van der Waals surface area (Å²) in [6, 6.07) is 2.04. The van der Waals surface area contributed by atoms with E-state index in [1.165, 1.54) is 5.69 Å². The molecule has 0 fully saturated rings. The molecule has 0 bridgehead atoms. The largest absolute Gasteiger partial charge is 0.336 e. The average molecular weight is 200 g/mol. The number of pyridine rings is 1. The first-order chi connectivity index (χ1) is 7.00. The Morgan fingerprint density at radius 3 is 2.67 bits per heavy atom. The Hall–Kier alpha value is -1.57. The first kappa shape index (κ1) is 9.97. The van der Waals surface area contributed by atoms with Crippen LogP contribution in [-0.2, 0) is 0 Å². The molecule has 0 unspecified atom stereocenters. The van der Waals surface area contributed by atoms with Crippen LogP contribution in [-0.4, -0.2) is 10.5 Å². The van der Waals surface area contributed by atoms with Gasteiger partial charge < -0.3 is 4.90 Å². The summed E-state index contributed by atoms with van der Waals surface area (Å²) in [6.45, 7) is 10.6. The van der Waals surface area contributed by atoms with Crippen LogP contribution >= 0.6 is 0 Å². The molecule has 0 spiro atoms. The van der Waals surface area contributed by atoms with Crippen LogP contribution in [0.1, 0.15) is 26.3 Å². The number of rotatable bonds is 0. The highest BCUT2D eigenvalue weighted by molar-refractivity contribution is 5.76. The first-order valence-corrected chi connectivity index (χ1v) is 5.11. The van der Waals surface area contributed by atoms with Gasteiger partial charge in [-0.3, -0.25) is 4.98 Å². The molecule has 0 N–H and O–H groups in total. The maximum absolute atomic E-state index is 4.13. The fourth-order valence-electron chi connectivity index (χ4n) is 1.94. The Bertz CT molecular complexity index is 424. The van der Waals surface area contributed by atoms with E-state index in [9.17, 15) is 0 Å². The molecule has 1 aliphatic heterocycles. The molecule has 2 nitrogen and oxygen atoms in total. The van der Waals surface area contributed by atoms with Crippen LogP contribution in [0.2, 0.25) is 0 Å². The molecule has 2 heteroatoms. The van der Waals surface area contributed by atoms with Gasteiger partial charge in [0.2, 0.25) is 0 Å². The highest BCUT2D eigenvalue weighted by Gasteiger charge is 2.26. The summed E-state index contributed by atoms with van der Waals surface area (Å²) >= 11 is 0. The molecule has 0 aromatic carbocycles. The van der Waals surface area contributed by atoms with Crippen molar-refractivity contribution in [2.75, 3.05) is 4.90 Å². The lowest BCUT2D eigenvalue weighted by Crippen LogP contribution is -2.41. The van der Waals surface area contributed by atoms with Gasteiger partial charge in [-0.15, -0.1) is 0 Å². The van der Waals surface area contributed by atoms with Crippen molar-refractivity contribution in [1.29, 1.82) is 0 Å². The fourth-order valence-corrected chi connectivity index (χ4v) is 1.94. The summed E-state index contributed by atoms with van der Waals surface area (Å²) in [5.41, 5.74) is 3.41. The van der Waals surface area contributed by atoms with E-state index in [2.05, 4.69) is 43.3 Å². The summed E-state index contributed by atoms with van der Waals surface area (Å²) < 4.78 is 0. The van der Waals surface area contributed by atoms with Crippen LogP contribution in [0.4, 0.5) is 5.69 Å². The minimum atomic E-state index is 0.0396. The molecule has 0 saturated carbocycles. The quantitative estimate of drug-likeness (QED) is 0.639. The zero-order valence-corrected chi connectivity index (χ0v) is 9.49. The molecule has 15 heavy (non-hydrogen) atoms. The number of hydrogen-bond donors (Lipinski definition) is 0. The van der Waals surface area contributed by atoms with Crippen LogP contribution < -0.4 is 4.90 Å². The Morgan fingerprint density at radius 2 is 2.00 bits per heavy atom. The van der Waals surface area contributed by atoms with Crippen LogP contribution in [0, 0.1) is 0 Å². The van der Waals surface area contributed by atoms with Gasteiger partial charge in [0.25, 0.3) is 0 Å². The van der Waals surface area contributed by atoms with Crippen LogP contribution in [0.15, 0.2) is 36.8 Å². The molecular formula is C13H16N2. The second-order valence-corrected chi connectivity index (χ2v) is 4.77. The zero-order chi connectivity index (χ0) is 11.1. The molecule has 1 aromatic rings. The van der Waals surface area contributed by atoms with Gasteiger partial charge in [-0.05, 0) is 39.0 Å². The maximum atomic E-state index is 4.13. The van der Waals surface area contributed by atoms with Crippen molar-refractivity contribution in [3.63, 3.8) is 0 Å². The minimum absolute atomic E-state index is 0.0396. The average Bonchev–Trinajstić information content (AvgIpc) is 2.15. The Morgan fingerprint density at radius 1 is 1.27 bits per heavy atom. The van der Waals surface area contributed by atoms with Gasteiger partial charge in [0.15, 0.2) is 0 Å². The van der Waals surface area contributed by atoms with Gasteiger partial charge in [0.1, 0.15) is 0 Å². The van der Waals surface area contributed by atoms with E-state index in [4.69, 9.17) is 0 Å². The summed E-state index contributed by atoms with van der Waals surface area (Å²) in [6.07, 6.45) is 7.81. The number of anilines is 1. The predicted molar refractivity (Wildman–Crippen MR) is 64.6 cm³/mol. The maximum Gasteiger partial charge on any atom is 0.0520 e. The molecule has 0 radical (unpaired) electrons. The summed E-state index contributed by atoms with van der Waals surface area (Å²) in [5, 5.41) is 0. The van der Waals surface area contributed by atoms with Gasteiger partial charge in [0.05, 0.1) is 5.69 Å². The van der Waals surface area contributed by atoms with Crippen LogP contribution in [0.5, 0.6) is 0 Å². The van der Waals surface area contributed by atoms with Crippen molar-refractivity contribution >= 4 is 11.8 Å². The normalized spacial score (nSPS) is 15.4. The van der Waals surface area contributed by atoms with Gasteiger partial charge in [-0.25, -0.2) is 0 Å². The number of hydrogen-bond acceptors (Lipinski definition) is 2. The summed E-state index contributed by atoms with van der Waals surface area (Å²) in [4.78, 5) is 6.37. The minimum Gasteiger partial charge on any atom is -0.336 e. The molecule has 0 saturated heterocycles. The molecular weight excluding hydrogens is 184 g/mol. The van der Waals surface area contributed by atoms with E-state index in [1.807, 2.05) is 24.5 Å². The monoisotopic (exact) mass is 200 g/mol. The molecule has 1 aromatic heterocycles. The smallest absolute Gasteiger partial charge is 0.0520 e. The Balaban J connectivity index is 2.57. The molecule has 0 atom stereocenters. The van der Waals surface area contributed by atoms with E-state index in [0.717, 1.165) is 11.3 Å². The lowest BCUT2D eigenvalue weighted by molar-refractivity contribution is 0.545. The molecule has 2 rings (SSSR count). The standard InChI is InChI=1S/C13H16N2/c1-10-5-6-11-9-14-8-7-12(11)15(10)13(2,3)4/h5-9H,1H2,2-4H3. The molecule has 2 heterocycles. The number of allylic oxidation sites excluding steroid dienone is 1. The van der Waals surface area contributed by atoms with E-state index >= 15 is 0 Å². The third kappa shape index (κ3) is 1.67. The van der Waals surface area contributed by atoms with E-state index < -0.39 is 0 Å². The van der Waals surface area contributed by atoms with Gasteiger partial charge >= 0.3 is 0 Å². The third-order valence-electron chi connectivity index (χ3n) is 2.48. The topological polar surface area (TPSA) is 16.1 Å². The van der Waals surface area contributed by atoms with Crippen molar-refractivity contribution in [3.8, 4) is 0 Å². The second-order valence-electron chi connectivity index (χ2n) is 4.77.